The van der Waals surface area contributed by atoms with E-state index in [1.165, 1.54) is 18.2 Å². The molecule has 1 amide bonds. The summed E-state index contributed by atoms with van der Waals surface area (Å²) in [6.45, 7) is 0. The molecule has 0 fully saturated rings. The van der Waals surface area contributed by atoms with Gasteiger partial charge in [-0.05, 0) is 54.6 Å². The Hall–Kier alpha value is -2.91. The van der Waals surface area contributed by atoms with E-state index < -0.39 is 35.1 Å². The van der Waals surface area contributed by atoms with Gasteiger partial charge in [0.15, 0.2) is 0 Å². The largest absolute Gasteiger partial charge is 0.457 e. The van der Waals surface area contributed by atoms with Crippen molar-refractivity contribution < 1.29 is 35.6 Å². The fourth-order valence-electron chi connectivity index (χ4n) is 2.66. The topological polar surface area (TPSA) is 42.2 Å². The Bertz CT molecular complexity index is 1130. The molecule has 2 aromatic carbocycles. The first-order chi connectivity index (χ1) is 14.8. The van der Waals surface area contributed by atoms with Crippen LogP contribution in [-0.2, 0) is 17.1 Å². The Balaban J connectivity index is 1.78. The molecule has 0 aliphatic heterocycles. The monoisotopic (exact) mass is 493 g/mol. The summed E-state index contributed by atoms with van der Waals surface area (Å²) in [5.41, 5.74) is -3.17. The van der Waals surface area contributed by atoms with E-state index in [4.69, 9.17) is 27.6 Å². The summed E-state index contributed by atoms with van der Waals surface area (Å²) in [5.74, 6) is -0.380. The molecule has 3 rings (SSSR count). The first-order valence-corrected chi connectivity index (χ1v) is 9.42. The van der Waals surface area contributed by atoms with E-state index in [0.29, 0.717) is 33.5 Å². The van der Waals surface area contributed by atoms with Gasteiger partial charge >= 0.3 is 12.4 Å². The van der Waals surface area contributed by atoms with Crippen molar-refractivity contribution in [1.82, 2.24) is 0 Å². The maximum Gasteiger partial charge on any atom is 0.416 e. The van der Waals surface area contributed by atoms with Crippen molar-refractivity contribution in [3.63, 3.8) is 0 Å². The Morgan fingerprint density at radius 1 is 0.844 bits per heavy atom. The first-order valence-electron chi connectivity index (χ1n) is 8.66. The smallest absolute Gasteiger partial charge is 0.416 e. The van der Waals surface area contributed by atoms with Gasteiger partial charge in [-0.25, -0.2) is 0 Å². The number of alkyl halides is 6. The third kappa shape index (κ3) is 6.08. The highest BCUT2D eigenvalue weighted by molar-refractivity contribution is 6.35. The molecule has 0 saturated carbocycles. The van der Waals surface area contributed by atoms with Crippen LogP contribution in [0.25, 0.3) is 17.4 Å². The predicted octanol–water partition coefficient (Wildman–Crippen LogP) is 7.94. The first kappa shape index (κ1) is 23.7. The number of hydrogen-bond acceptors (Lipinski definition) is 2. The third-order valence-corrected chi connectivity index (χ3v) is 4.46. The number of amides is 1. The fourth-order valence-corrected chi connectivity index (χ4v) is 3.19. The van der Waals surface area contributed by atoms with Crippen molar-refractivity contribution in [1.29, 1.82) is 0 Å². The molecule has 32 heavy (non-hydrogen) atoms. The number of anilines is 1. The highest BCUT2D eigenvalue weighted by Gasteiger charge is 2.37. The van der Waals surface area contributed by atoms with Crippen molar-refractivity contribution in [2.24, 2.45) is 0 Å². The quantitative estimate of drug-likeness (QED) is 0.296. The van der Waals surface area contributed by atoms with Gasteiger partial charge in [-0.3, -0.25) is 4.79 Å². The number of carbonyl (C=O) groups is 1. The van der Waals surface area contributed by atoms with Gasteiger partial charge in [0, 0.05) is 27.4 Å². The van der Waals surface area contributed by atoms with Crippen molar-refractivity contribution >= 4 is 40.9 Å². The summed E-state index contributed by atoms with van der Waals surface area (Å²) in [4.78, 5) is 12.0. The maximum atomic E-state index is 12.9. The standard InChI is InChI=1S/C21H11Cl2F6NO2/c22-14-5-11(6-15(23)10-14)18-3-1-17(32-18)2-4-19(31)30-16-8-12(20(24,25)26)7-13(9-16)21(27,28)29/h1-10H,(H,30,31)/b4-2+. The molecule has 0 aliphatic carbocycles. The molecular weight excluding hydrogens is 483 g/mol. The number of halogens is 8. The van der Waals surface area contributed by atoms with Crippen LogP contribution in [0.5, 0.6) is 0 Å². The zero-order valence-electron chi connectivity index (χ0n) is 15.6. The molecule has 3 aromatic rings. The van der Waals surface area contributed by atoms with E-state index in [1.807, 2.05) is 5.32 Å². The lowest BCUT2D eigenvalue weighted by Gasteiger charge is -2.14. The van der Waals surface area contributed by atoms with Crippen LogP contribution in [0.2, 0.25) is 10.0 Å². The van der Waals surface area contributed by atoms with Gasteiger partial charge < -0.3 is 9.73 Å². The minimum atomic E-state index is -5.02. The number of carbonyl (C=O) groups excluding carboxylic acids is 1. The minimum Gasteiger partial charge on any atom is -0.457 e. The van der Waals surface area contributed by atoms with E-state index in [-0.39, 0.29) is 11.8 Å². The lowest BCUT2D eigenvalue weighted by atomic mass is 10.1. The van der Waals surface area contributed by atoms with Crippen LogP contribution in [0.3, 0.4) is 0 Å². The van der Waals surface area contributed by atoms with Gasteiger partial charge in [0.05, 0.1) is 11.1 Å². The van der Waals surface area contributed by atoms with Crippen molar-refractivity contribution in [2.45, 2.75) is 12.4 Å². The fraction of sp³-hybridized carbons (Fsp3) is 0.0952. The second kappa shape index (κ2) is 8.91. The van der Waals surface area contributed by atoms with Gasteiger partial charge in [0.1, 0.15) is 11.5 Å². The van der Waals surface area contributed by atoms with E-state index in [9.17, 15) is 31.1 Å². The minimum absolute atomic E-state index is 0.0298. The molecule has 1 N–H and O–H groups in total. The third-order valence-electron chi connectivity index (χ3n) is 4.03. The second-order valence-electron chi connectivity index (χ2n) is 6.48. The number of furan rings is 1. The summed E-state index contributed by atoms with van der Waals surface area (Å²) in [6.07, 6.45) is -7.95. The van der Waals surface area contributed by atoms with Crippen molar-refractivity contribution in [3.05, 3.63) is 81.5 Å². The highest BCUT2D eigenvalue weighted by atomic mass is 35.5. The number of benzene rings is 2. The highest BCUT2D eigenvalue weighted by Crippen LogP contribution is 2.37. The molecule has 0 aliphatic rings. The average molecular weight is 494 g/mol. The van der Waals surface area contributed by atoms with Gasteiger partial charge in [-0.15, -0.1) is 0 Å². The van der Waals surface area contributed by atoms with Gasteiger partial charge in [0.2, 0.25) is 5.91 Å². The summed E-state index contributed by atoms with van der Waals surface area (Å²) >= 11 is 11.9. The molecule has 0 radical (unpaired) electrons. The Morgan fingerprint density at radius 2 is 1.41 bits per heavy atom. The van der Waals surface area contributed by atoms with Crippen LogP contribution in [-0.4, -0.2) is 5.91 Å². The van der Waals surface area contributed by atoms with Crippen molar-refractivity contribution in [2.75, 3.05) is 5.32 Å². The molecule has 0 saturated heterocycles. The van der Waals surface area contributed by atoms with Gasteiger partial charge in [-0.2, -0.15) is 26.3 Å². The molecule has 3 nitrogen and oxygen atoms in total. The molecule has 0 unspecified atom stereocenters. The number of nitrogens with one attached hydrogen (secondary N) is 1. The van der Waals surface area contributed by atoms with Crippen LogP contribution in [0.1, 0.15) is 16.9 Å². The molecule has 1 aromatic heterocycles. The Morgan fingerprint density at radius 3 is 1.94 bits per heavy atom. The van der Waals surface area contributed by atoms with Crippen LogP contribution in [0, 0.1) is 0 Å². The van der Waals surface area contributed by atoms with Gasteiger partial charge in [-0.1, -0.05) is 23.2 Å². The normalized spacial score (nSPS) is 12.4. The van der Waals surface area contributed by atoms with Crippen molar-refractivity contribution in [3.8, 4) is 11.3 Å². The second-order valence-corrected chi connectivity index (χ2v) is 7.35. The number of rotatable bonds is 4. The summed E-state index contributed by atoms with van der Waals surface area (Å²) < 4.78 is 83.0. The summed E-state index contributed by atoms with van der Waals surface area (Å²) in [5, 5.41) is 2.74. The lowest BCUT2D eigenvalue weighted by molar-refractivity contribution is -0.143. The van der Waals surface area contributed by atoms with Gasteiger partial charge in [0.25, 0.3) is 0 Å². The zero-order chi connectivity index (χ0) is 23.7. The molecule has 1 heterocycles. The summed E-state index contributed by atoms with van der Waals surface area (Å²) in [7, 11) is 0. The molecule has 0 bridgehead atoms. The lowest BCUT2D eigenvalue weighted by Crippen LogP contribution is -2.14. The Labute approximate surface area is 187 Å². The molecule has 0 spiro atoms. The van der Waals surface area contributed by atoms with Crippen LogP contribution < -0.4 is 5.32 Å². The SMILES string of the molecule is O=C(/C=C/c1ccc(-c2cc(Cl)cc(Cl)c2)o1)Nc1cc(C(F)(F)F)cc(C(F)(F)F)c1. The number of hydrogen-bond donors (Lipinski definition) is 1. The predicted molar refractivity (Wildman–Crippen MR) is 108 cm³/mol. The van der Waals surface area contributed by atoms with E-state index in [2.05, 4.69) is 0 Å². The van der Waals surface area contributed by atoms with Crippen LogP contribution in [0.15, 0.2) is 59.0 Å². The molecule has 11 heteroatoms. The Kier molecular flexibility index (Phi) is 6.61. The van der Waals surface area contributed by atoms with Crippen LogP contribution in [0.4, 0.5) is 32.0 Å². The van der Waals surface area contributed by atoms with E-state index >= 15 is 0 Å². The van der Waals surface area contributed by atoms with E-state index in [0.717, 1.165) is 6.08 Å². The van der Waals surface area contributed by atoms with E-state index in [1.54, 1.807) is 18.2 Å². The molecular formula is C21H11Cl2F6NO2. The molecule has 168 valence electrons. The summed E-state index contributed by atoms with van der Waals surface area (Å²) in [6, 6.07) is 8.58. The average Bonchev–Trinajstić information content (AvgIpc) is 3.13. The van der Waals surface area contributed by atoms with Crippen LogP contribution >= 0.6 is 23.2 Å². The zero-order valence-corrected chi connectivity index (χ0v) is 17.1. The molecule has 0 atom stereocenters. The maximum absolute atomic E-state index is 12.9.